The first-order valence-corrected chi connectivity index (χ1v) is 6.14. The van der Waals surface area contributed by atoms with Gasteiger partial charge in [0.25, 0.3) is 0 Å². The van der Waals surface area contributed by atoms with Crippen molar-refractivity contribution in [2.45, 2.75) is 12.8 Å². The van der Waals surface area contributed by atoms with E-state index < -0.39 is 5.97 Å². The van der Waals surface area contributed by atoms with Crippen molar-refractivity contribution in [3.8, 4) is 0 Å². The van der Waals surface area contributed by atoms with E-state index in [-0.39, 0.29) is 5.69 Å². The van der Waals surface area contributed by atoms with Crippen LogP contribution in [0.5, 0.6) is 0 Å². The maximum absolute atomic E-state index is 10.9. The van der Waals surface area contributed by atoms with E-state index in [2.05, 4.69) is 9.88 Å². The Morgan fingerprint density at radius 3 is 2.89 bits per heavy atom. The Morgan fingerprint density at radius 1 is 1.56 bits per heavy atom. The molecule has 18 heavy (non-hydrogen) atoms. The maximum atomic E-state index is 10.9. The molecule has 0 atom stereocenters. The normalized spacial score (nSPS) is 16.8. The van der Waals surface area contributed by atoms with Crippen molar-refractivity contribution < 1.29 is 14.6 Å². The molecule has 0 bridgehead atoms. The molecule has 1 aromatic rings. The minimum Gasteiger partial charge on any atom is -0.477 e. The highest BCUT2D eigenvalue weighted by molar-refractivity contribution is 5.86. The van der Waals surface area contributed by atoms with Crippen LogP contribution in [0.2, 0.25) is 0 Å². The molecule has 0 aromatic carbocycles. The number of carboxylic acid groups (broad SMARTS) is 1. The van der Waals surface area contributed by atoms with Gasteiger partial charge in [-0.25, -0.2) is 9.78 Å². The van der Waals surface area contributed by atoms with Crippen molar-refractivity contribution >= 4 is 11.7 Å². The Kier molecular flexibility index (Phi) is 4.15. The number of hydrogen-bond donors (Lipinski definition) is 1. The lowest BCUT2D eigenvalue weighted by atomic mass is 9.97. The summed E-state index contributed by atoms with van der Waals surface area (Å²) in [5.74, 6) is -0.363. The molecule has 1 aromatic heterocycles. The zero-order valence-electron chi connectivity index (χ0n) is 10.5. The number of pyridine rings is 1. The summed E-state index contributed by atoms with van der Waals surface area (Å²) in [5, 5.41) is 8.92. The van der Waals surface area contributed by atoms with Gasteiger partial charge in [-0.05, 0) is 30.9 Å². The first-order valence-electron chi connectivity index (χ1n) is 6.14. The fraction of sp³-hybridized carbons (Fsp3) is 0.538. The molecule has 1 saturated heterocycles. The third-order valence-electron chi connectivity index (χ3n) is 3.34. The van der Waals surface area contributed by atoms with Crippen molar-refractivity contribution in [3.63, 3.8) is 0 Å². The number of aromatic carboxylic acids is 1. The molecule has 2 heterocycles. The first kappa shape index (κ1) is 12.8. The smallest absolute Gasteiger partial charge is 0.354 e. The predicted octanol–water partition coefficient (Wildman–Crippen LogP) is 1.64. The minimum absolute atomic E-state index is 0.103. The number of rotatable bonds is 4. The number of piperidine rings is 1. The average molecular weight is 250 g/mol. The second kappa shape index (κ2) is 5.82. The number of methoxy groups -OCH3 is 1. The summed E-state index contributed by atoms with van der Waals surface area (Å²) >= 11 is 0. The molecule has 1 N–H and O–H groups in total. The molecule has 1 aliphatic rings. The number of aromatic nitrogens is 1. The van der Waals surface area contributed by atoms with Crippen molar-refractivity contribution in [2.24, 2.45) is 5.92 Å². The van der Waals surface area contributed by atoms with Crippen LogP contribution in [0, 0.1) is 5.92 Å². The Hall–Kier alpha value is -1.62. The molecule has 0 radical (unpaired) electrons. The summed E-state index contributed by atoms with van der Waals surface area (Å²) in [6.45, 7) is 2.69. The quantitative estimate of drug-likeness (QED) is 0.880. The van der Waals surface area contributed by atoms with Crippen LogP contribution in [0.3, 0.4) is 0 Å². The van der Waals surface area contributed by atoms with Crippen molar-refractivity contribution in [1.29, 1.82) is 0 Å². The van der Waals surface area contributed by atoms with E-state index in [0.29, 0.717) is 5.92 Å². The highest BCUT2D eigenvalue weighted by Crippen LogP contribution is 2.23. The standard InChI is InChI=1S/C13H18N2O3/c1-18-9-10-3-6-15(7-4-10)11-2-5-14-12(8-11)13(16)17/h2,5,8,10H,3-4,6-7,9H2,1H3,(H,16,17). The number of hydrogen-bond acceptors (Lipinski definition) is 4. The molecular formula is C13H18N2O3. The van der Waals surface area contributed by atoms with Gasteiger partial charge in [0.15, 0.2) is 0 Å². The highest BCUT2D eigenvalue weighted by atomic mass is 16.5. The van der Waals surface area contributed by atoms with Crippen molar-refractivity contribution in [3.05, 3.63) is 24.0 Å². The Morgan fingerprint density at radius 2 is 2.28 bits per heavy atom. The van der Waals surface area contributed by atoms with E-state index >= 15 is 0 Å². The summed E-state index contributed by atoms with van der Waals surface area (Å²) in [7, 11) is 1.73. The molecule has 0 unspecified atom stereocenters. The van der Waals surface area contributed by atoms with Gasteiger partial charge in [-0.15, -0.1) is 0 Å². The number of carboxylic acids is 1. The topological polar surface area (TPSA) is 62.7 Å². The van der Waals surface area contributed by atoms with Gasteiger partial charge < -0.3 is 14.7 Å². The largest absolute Gasteiger partial charge is 0.477 e. The van der Waals surface area contributed by atoms with Gasteiger partial charge in [-0.1, -0.05) is 0 Å². The lowest BCUT2D eigenvalue weighted by Crippen LogP contribution is -2.35. The average Bonchev–Trinajstić information content (AvgIpc) is 2.40. The summed E-state index contributed by atoms with van der Waals surface area (Å²) in [5.41, 5.74) is 1.05. The Bertz CT molecular complexity index is 414. The third-order valence-corrected chi connectivity index (χ3v) is 3.34. The zero-order chi connectivity index (χ0) is 13.0. The molecule has 1 fully saturated rings. The molecule has 98 valence electrons. The van der Waals surface area contributed by atoms with Crippen LogP contribution in [0.4, 0.5) is 5.69 Å². The minimum atomic E-state index is -0.980. The monoisotopic (exact) mass is 250 g/mol. The summed E-state index contributed by atoms with van der Waals surface area (Å²) in [6, 6.07) is 3.50. The van der Waals surface area contributed by atoms with Crippen LogP contribution >= 0.6 is 0 Å². The second-order valence-corrected chi connectivity index (χ2v) is 4.59. The van der Waals surface area contributed by atoms with Crippen molar-refractivity contribution in [2.75, 3.05) is 31.7 Å². The SMILES string of the molecule is COCC1CCN(c2ccnc(C(=O)O)c2)CC1. The second-order valence-electron chi connectivity index (χ2n) is 4.59. The van der Waals surface area contributed by atoms with E-state index in [4.69, 9.17) is 9.84 Å². The molecule has 0 spiro atoms. The summed E-state index contributed by atoms with van der Waals surface area (Å²) in [4.78, 5) is 16.9. The fourth-order valence-electron chi connectivity index (χ4n) is 2.33. The predicted molar refractivity (Wildman–Crippen MR) is 68.0 cm³/mol. The summed E-state index contributed by atoms with van der Waals surface area (Å²) < 4.78 is 5.17. The van der Waals surface area contributed by atoms with Crippen LogP contribution < -0.4 is 4.90 Å². The highest BCUT2D eigenvalue weighted by Gasteiger charge is 2.20. The molecule has 5 nitrogen and oxygen atoms in total. The lowest BCUT2D eigenvalue weighted by molar-refractivity contribution is 0.0690. The summed E-state index contributed by atoms with van der Waals surface area (Å²) in [6.07, 6.45) is 3.72. The molecule has 1 aliphatic heterocycles. The van der Waals surface area contributed by atoms with E-state index in [0.717, 1.165) is 38.2 Å². The van der Waals surface area contributed by atoms with Crippen LogP contribution in [0.15, 0.2) is 18.3 Å². The number of carbonyl (C=O) groups is 1. The molecule has 2 rings (SSSR count). The van der Waals surface area contributed by atoms with Gasteiger partial charge in [-0.2, -0.15) is 0 Å². The van der Waals surface area contributed by atoms with Crippen molar-refractivity contribution in [1.82, 2.24) is 4.98 Å². The maximum Gasteiger partial charge on any atom is 0.354 e. The molecule has 5 heteroatoms. The van der Waals surface area contributed by atoms with Crippen LogP contribution in [-0.4, -0.2) is 42.9 Å². The van der Waals surface area contributed by atoms with Crippen LogP contribution in [-0.2, 0) is 4.74 Å². The van der Waals surface area contributed by atoms with Gasteiger partial charge in [0, 0.05) is 38.7 Å². The van der Waals surface area contributed by atoms with E-state index in [1.165, 1.54) is 0 Å². The van der Waals surface area contributed by atoms with Gasteiger partial charge >= 0.3 is 5.97 Å². The Labute approximate surface area is 106 Å². The van der Waals surface area contributed by atoms with E-state index in [1.54, 1.807) is 19.4 Å². The number of nitrogens with zero attached hydrogens (tertiary/aromatic N) is 2. The molecule has 0 amide bonds. The fourth-order valence-corrected chi connectivity index (χ4v) is 2.33. The van der Waals surface area contributed by atoms with Crippen LogP contribution in [0.1, 0.15) is 23.3 Å². The number of anilines is 1. The van der Waals surface area contributed by atoms with Gasteiger partial charge in [-0.3, -0.25) is 0 Å². The van der Waals surface area contributed by atoms with Gasteiger partial charge in [0.1, 0.15) is 5.69 Å². The van der Waals surface area contributed by atoms with E-state index in [9.17, 15) is 4.79 Å². The number of ether oxygens (including phenoxy) is 1. The molecule has 0 saturated carbocycles. The van der Waals surface area contributed by atoms with E-state index in [1.807, 2.05) is 6.07 Å². The molecule has 0 aliphatic carbocycles. The Balaban J connectivity index is 2.01. The zero-order valence-corrected chi connectivity index (χ0v) is 10.5. The molecular weight excluding hydrogens is 232 g/mol. The van der Waals surface area contributed by atoms with Gasteiger partial charge in [0.05, 0.1) is 0 Å². The lowest BCUT2D eigenvalue weighted by Gasteiger charge is -2.33. The van der Waals surface area contributed by atoms with Gasteiger partial charge in [0.2, 0.25) is 0 Å². The third kappa shape index (κ3) is 2.98. The van der Waals surface area contributed by atoms with Crippen LogP contribution in [0.25, 0.3) is 0 Å². The first-order chi connectivity index (χ1) is 8.70.